The van der Waals surface area contributed by atoms with E-state index in [9.17, 15) is 24.9 Å². The maximum Gasteiger partial charge on any atom is 0.306 e. The largest absolute Gasteiger partial charge is 0.481 e. The number of carbonyl (C=O) groups is 2. The zero-order valence-electron chi connectivity index (χ0n) is 24.0. The van der Waals surface area contributed by atoms with E-state index >= 15 is 0 Å². The summed E-state index contributed by atoms with van der Waals surface area (Å²) >= 11 is 0. The van der Waals surface area contributed by atoms with Crippen molar-refractivity contribution in [2.45, 2.75) is 118 Å². The Labute approximate surface area is 223 Å². The number of esters is 1. The molecule has 4 rings (SSSR count). The Morgan fingerprint density at radius 3 is 2.27 bits per heavy atom. The van der Waals surface area contributed by atoms with Crippen molar-refractivity contribution in [3.8, 4) is 0 Å². The molecule has 4 fully saturated rings. The Morgan fingerprint density at radius 2 is 1.68 bits per heavy atom. The number of aliphatic hydroxyl groups excluding tert-OH is 2. The second kappa shape index (κ2) is 9.97. The van der Waals surface area contributed by atoms with Crippen LogP contribution in [0.5, 0.6) is 0 Å². The van der Waals surface area contributed by atoms with E-state index in [1.807, 2.05) is 13.8 Å². The molecule has 4 aliphatic carbocycles. The first-order valence-electron chi connectivity index (χ1n) is 14.6. The minimum absolute atomic E-state index is 0.0346. The smallest absolute Gasteiger partial charge is 0.306 e. The average molecular weight is 519 g/mol. The van der Waals surface area contributed by atoms with Crippen LogP contribution in [0, 0.1) is 51.8 Å². The molecule has 4 saturated carbocycles. The normalized spacial score (nSPS) is 47.7. The first-order chi connectivity index (χ1) is 17.2. The molecule has 4 aliphatic rings. The van der Waals surface area contributed by atoms with Gasteiger partial charge >= 0.3 is 11.9 Å². The maximum absolute atomic E-state index is 12.7. The number of aliphatic carboxylic acids is 1. The highest BCUT2D eigenvalue weighted by Gasteiger charge is 2.72. The first-order valence-corrected chi connectivity index (χ1v) is 14.6. The van der Waals surface area contributed by atoms with Gasteiger partial charge in [0.1, 0.15) is 6.10 Å². The average Bonchev–Trinajstić information content (AvgIpc) is 3.05. The summed E-state index contributed by atoms with van der Waals surface area (Å²) in [5, 5.41) is 33.0. The Balaban J connectivity index is 1.75. The van der Waals surface area contributed by atoms with E-state index < -0.39 is 24.1 Å². The second-order valence-corrected chi connectivity index (χ2v) is 14.1. The van der Waals surface area contributed by atoms with Gasteiger partial charge in [0.25, 0.3) is 0 Å². The lowest BCUT2D eigenvalue weighted by atomic mass is 9.36. The number of ether oxygens (including phenoxy) is 1. The molecule has 0 aromatic rings. The predicted octanol–water partition coefficient (Wildman–Crippen LogP) is 5.60. The van der Waals surface area contributed by atoms with Gasteiger partial charge in [0.05, 0.1) is 18.1 Å². The zero-order chi connectivity index (χ0) is 27.5. The van der Waals surface area contributed by atoms with E-state index in [2.05, 4.69) is 33.8 Å². The van der Waals surface area contributed by atoms with E-state index in [1.165, 1.54) is 6.92 Å². The first kappa shape index (κ1) is 28.6. The molecular formula is C31H50O6. The van der Waals surface area contributed by atoms with Gasteiger partial charge in [-0.2, -0.15) is 0 Å². The Kier molecular flexibility index (Phi) is 7.71. The molecule has 0 aromatic heterocycles. The van der Waals surface area contributed by atoms with Crippen LogP contribution in [0.15, 0.2) is 11.6 Å². The van der Waals surface area contributed by atoms with Crippen LogP contribution in [0.3, 0.4) is 0 Å². The molecule has 2 unspecified atom stereocenters. The van der Waals surface area contributed by atoms with Crippen molar-refractivity contribution in [2.75, 3.05) is 0 Å². The van der Waals surface area contributed by atoms with Crippen LogP contribution < -0.4 is 0 Å². The van der Waals surface area contributed by atoms with Crippen LogP contribution in [0.25, 0.3) is 0 Å². The number of rotatable bonds is 6. The maximum atomic E-state index is 12.7. The molecule has 0 radical (unpaired) electrons. The van der Waals surface area contributed by atoms with Crippen LogP contribution in [0.2, 0.25) is 0 Å². The molecule has 6 nitrogen and oxygen atoms in total. The number of carboxylic acid groups (broad SMARTS) is 1. The number of carbonyl (C=O) groups excluding carboxylic acids is 1. The molecule has 0 heterocycles. The van der Waals surface area contributed by atoms with Crippen LogP contribution in [0.1, 0.15) is 99.8 Å². The van der Waals surface area contributed by atoms with Crippen LogP contribution >= 0.6 is 0 Å². The van der Waals surface area contributed by atoms with Gasteiger partial charge in [0.2, 0.25) is 0 Å². The minimum Gasteiger partial charge on any atom is -0.481 e. The number of carboxylic acids is 1. The molecule has 0 saturated heterocycles. The summed E-state index contributed by atoms with van der Waals surface area (Å²) < 4.78 is 5.93. The quantitative estimate of drug-likeness (QED) is 0.312. The van der Waals surface area contributed by atoms with E-state index in [4.69, 9.17) is 4.74 Å². The van der Waals surface area contributed by atoms with Crippen molar-refractivity contribution < 1.29 is 29.6 Å². The van der Waals surface area contributed by atoms with Gasteiger partial charge in [0, 0.05) is 12.8 Å². The van der Waals surface area contributed by atoms with Crippen molar-refractivity contribution in [1.82, 2.24) is 0 Å². The van der Waals surface area contributed by atoms with Gasteiger partial charge in [0.15, 0.2) is 0 Å². The lowest BCUT2D eigenvalue weighted by Crippen LogP contribution is -2.66. The summed E-state index contributed by atoms with van der Waals surface area (Å²) in [6, 6.07) is 0. The van der Waals surface area contributed by atoms with Gasteiger partial charge in [-0.1, -0.05) is 39.3 Å². The topological polar surface area (TPSA) is 104 Å². The molecule has 210 valence electrons. The van der Waals surface area contributed by atoms with Crippen LogP contribution in [-0.2, 0) is 14.3 Å². The minimum atomic E-state index is -0.832. The third kappa shape index (κ3) is 4.48. The lowest BCUT2D eigenvalue weighted by Gasteiger charge is -2.69. The highest BCUT2D eigenvalue weighted by Crippen LogP contribution is 2.74. The van der Waals surface area contributed by atoms with Gasteiger partial charge in [-0.3, -0.25) is 9.59 Å². The summed E-state index contributed by atoms with van der Waals surface area (Å²) in [5.41, 5.74) is 0.624. The molecule has 3 N–H and O–H groups in total. The molecule has 0 bridgehead atoms. The summed E-state index contributed by atoms with van der Waals surface area (Å²) in [6.45, 7) is 14.6. The predicted molar refractivity (Wildman–Crippen MR) is 143 cm³/mol. The third-order valence-corrected chi connectivity index (χ3v) is 12.1. The molecule has 0 spiro atoms. The molecule has 0 aromatic carbocycles. The van der Waals surface area contributed by atoms with Crippen molar-refractivity contribution >= 4 is 11.9 Å². The molecule has 12 atom stereocenters. The van der Waals surface area contributed by atoms with Crippen LogP contribution in [0.4, 0.5) is 0 Å². The SMILES string of the molecule is CC(=O)O[C@H]1C[C@@]2(C)C(C[C@@H](O)[C@H]3[C@@]4(C)CC[C@@H](O)[C@@H](C)C4CC[C@@]32C)[C@H]1[C@@H](CCC=C(C)C)C(=O)O. The Morgan fingerprint density at radius 1 is 1.00 bits per heavy atom. The standard InChI is InChI=1S/C31H50O6/c1-17(2)9-8-10-20(28(35)36)26-22-15-24(34)27-29(5)13-12-23(33)18(3)21(29)11-14-30(27,6)31(22,7)16-25(26)37-19(4)32/h9,18,20-27,33-34H,8,10-16H2,1-7H3,(H,35,36)/t18-,20+,21?,22?,23+,24+,25-,26+,27-,29-,30-,31-/m0/s1. The van der Waals surface area contributed by atoms with Gasteiger partial charge in [-0.05, 0) is 105 Å². The van der Waals surface area contributed by atoms with Crippen molar-refractivity contribution in [2.24, 2.45) is 51.8 Å². The molecule has 6 heteroatoms. The van der Waals surface area contributed by atoms with Crippen molar-refractivity contribution in [3.63, 3.8) is 0 Å². The van der Waals surface area contributed by atoms with Crippen molar-refractivity contribution in [1.29, 1.82) is 0 Å². The number of hydrogen-bond acceptors (Lipinski definition) is 5. The fourth-order valence-corrected chi connectivity index (χ4v) is 10.4. The zero-order valence-corrected chi connectivity index (χ0v) is 24.0. The summed E-state index contributed by atoms with van der Waals surface area (Å²) in [7, 11) is 0. The van der Waals surface area contributed by atoms with Crippen molar-refractivity contribution in [3.05, 3.63) is 11.6 Å². The fourth-order valence-electron chi connectivity index (χ4n) is 10.4. The number of hydrogen-bond donors (Lipinski definition) is 3. The van der Waals surface area contributed by atoms with Gasteiger partial charge < -0.3 is 20.1 Å². The Bertz CT molecular complexity index is 925. The number of allylic oxidation sites excluding steroid dienone is 2. The van der Waals surface area contributed by atoms with E-state index in [1.54, 1.807) is 0 Å². The highest BCUT2D eigenvalue weighted by atomic mass is 16.5. The van der Waals surface area contributed by atoms with E-state index in [0.29, 0.717) is 31.6 Å². The van der Waals surface area contributed by atoms with Gasteiger partial charge in [-0.25, -0.2) is 0 Å². The fraction of sp³-hybridized carbons (Fsp3) is 0.871. The monoisotopic (exact) mass is 518 g/mol. The summed E-state index contributed by atoms with van der Waals surface area (Å²) in [6.07, 6.45) is 6.77. The molecule has 37 heavy (non-hydrogen) atoms. The lowest BCUT2D eigenvalue weighted by molar-refractivity contribution is -0.240. The highest BCUT2D eigenvalue weighted by molar-refractivity contribution is 5.71. The van der Waals surface area contributed by atoms with E-state index in [-0.39, 0.29) is 52.0 Å². The number of fused-ring (bicyclic) bond motifs is 5. The number of aliphatic hydroxyl groups is 2. The summed E-state index contributed by atoms with van der Waals surface area (Å²) in [4.78, 5) is 24.9. The van der Waals surface area contributed by atoms with Gasteiger partial charge in [-0.15, -0.1) is 0 Å². The molecule has 0 amide bonds. The van der Waals surface area contributed by atoms with E-state index in [0.717, 1.165) is 31.3 Å². The Hall–Kier alpha value is -1.40. The van der Waals surface area contributed by atoms with Crippen LogP contribution in [-0.4, -0.2) is 45.6 Å². The second-order valence-electron chi connectivity index (χ2n) is 14.1. The molecular weight excluding hydrogens is 468 g/mol. The summed E-state index contributed by atoms with van der Waals surface area (Å²) in [5.74, 6) is -1.54. The third-order valence-electron chi connectivity index (χ3n) is 12.1. The molecule has 0 aliphatic heterocycles.